The number of aliphatic hydroxyl groups is 2. The molecule has 0 aliphatic carbocycles. The molecule has 0 aliphatic rings. The van der Waals surface area contributed by atoms with Gasteiger partial charge < -0.3 is 19.8 Å². The normalized spacial score (nSPS) is 12.2. The molecule has 0 saturated heterocycles. The Morgan fingerprint density at radius 2 is 1.08 bits per heavy atom. The van der Waals surface area contributed by atoms with Crippen molar-refractivity contribution in [3.8, 4) is 0 Å². The van der Waals surface area contributed by atoms with Crippen LogP contribution < -0.4 is 0 Å². The maximum absolute atomic E-state index is 12.5. The summed E-state index contributed by atoms with van der Waals surface area (Å²) in [5.74, 6) is 0.0311. The molecule has 0 aromatic heterocycles. The highest BCUT2D eigenvalue weighted by Crippen LogP contribution is 2.13. The van der Waals surface area contributed by atoms with Gasteiger partial charge in [-0.2, -0.15) is 0 Å². The first-order valence-electron chi connectivity index (χ1n) is 15.8. The van der Waals surface area contributed by atoms with Gasteiger partial charge >= 0.3 is 0 Å². The molecule has 0 spiro atoms. The van der Waals surface area contributed by atoms with Crippen LogP contribution in [0, 0.1) is 0 Å². The number of aliphatic hydroxyl groups excluding tert-OH is 2. The molecule has 0 aliphatic heterocycles. The largest absolute Gasteiger partial charge is 0.395 e. The van der Waals surface area contributed by atoms with Crippen LogP contribution in [0.2, 0.25) is 0 Å². The van der Waals surface area contributed by atoms with Crippen LogP contribution in [-0.2, 0) is 9.53 Å². The molecular formula is C31H63NO4. The van der Waals surface area contributed by atoms with Crippen LogP contribution in [0.15, 0.2) is 0 Å². The number of rotatable bonds is 29. The van der Waals surface area contributed by atoms with Gasteiger partial charge in [0.05, 0.1) is 19.3 Å². The second-order valence-corrected chi connectivity index (χ2v) is 10.8. The number of hydrogen-bond donors (Lipinski definition) is 2. The molecule has 0 radical (unpaired) electrons. The van der Waals surface area contributed by atoms with E-state index in [-0.39, 0.29) is 32.2 Å². The van der Waals surface area contributed by atoms with Crippen molar-refractivity contribution in [3.63, 3.8) is 0 Å². The first-order valence-corrected chi connectivity index (χ1v) is 15.8. The number of nitrogens with zero attached hydrogens (tertiary/aromatic N) is 1. The Hall–Kier alpha value is -0.650. The van der Waals surface area contributed by atoms with Gasteiger partial charge in [-0.1, -0.05) is 136 Å². The van der Waals surface area contributed by atoms with Gasteiger partial charge in [-0.05, 0) is 12.8 Å². The first-order chi connectivity index (χ1) is 17.7. The van der Waals surface area contributed by atoms with E-state index < -0.39 is 6.10 Å². The fraction of sp³-hybridized carbons (Fsp3) is 0.968. The third kappa shape index (κ3) is 25.0. The quantitative estimate of drug-likeness (QED) is 0.100. The molecule has 0 aromatic carbocycles. The molecule has 0 aromatic rings. The average molecular weight is 514 g/mol. The Bertz CT molecular complexity index is 446. The Balaban J connectivity index is 3.61. The van der Waals surface area contributed by atoms with Gasteiger partial charge in [-0.15, -0.1) is 0 Å². The van der Waals surface area contributed by atoms with Crippen LogP contribution in [0.3, 0.4) is 0 Å². The molecule has 36 heavy (non-hydrogen) atoms. The molecule has 5 nitrogen and oxygen atoms in total. The van der Waals surface area contributed by atoms with E-state index in [1.807, 2.05) is 0 Å². The lowest BCUT2D eigenvalue weighted by atomic mass is 10.0. The van der Waals surface area contributed by atoms with Crippen LogP contribution >= 0.6 is 0 Å². The van der Waals surface area contributed by atoms with E-state index in [9.17, 15) is 15.0 Å². The zero-order chi connectivity index (χ0) is 26.5. The lowest BCUT2D eigenvalue weighted by Crippen LogP contribution is -2.40. The van der Waals surface area contributed by atoms with Gasteiger partial charge in [0, 0.05) is 26.1 Å². The maximum Gasteiger partial charge on any atom is 0.222 e. The summed E-state index contributed by atoms with van der Waals surface area (Å²) >= 11 is 0. The highest BCUT2D eigenvalue weighted by molar-refractivity contribution is 5.76. The lowest BCUT2D eigenvalue weighted by molar-refractivity contribution is -0.134. The second kappa shape index (κ2) is 28.9. The van der Waals surface area contributed by atoms with Gasteiger partial charge in [-0.25, -0.2) is 0 Å². The maximum atomic E-state index is 12.5. The number of amides is 1. The monoisotopic (exact) mass is 513 g/mol. The Morgan fingerprint density at radius 1 is 0.667 bits per heavy atom. The lowest BCUT2D eigenvalue weighted by Gasteiger charge is -2.24. The molecule has 0 rings (SSSR count). The molecule has 1 amide bonds. The van der Waals surface area contributed by atoms with Crippen molar-refractivity contribution in [3.05, 3.63) is 0 Å². The smallest absolute Gasteiger partial charge is 0.222 e. The van der Waals surface area contributed by atoms with Gasteiger partial charge in [0.25, 0.3) is 0 Å². The summed E-state index contributed by atoms with van der Waals surface area (Å²) in [5.41, 5.74) is 0. The standard InChI is InChI=1S/C31H63NO4/c1-3-5-7-9-11-12-13-14-15-16-17-19-21-23-27-36-29-30(34)28-32(25-26-33)31(35)24-22-20-18-10-8-6-4-2/h30,33-34H,3-29H2,1-2H3. The predicted molar refractivity (Wildman–Crippen MR) is 153 cm³/mol. The molecule has 216 valence electrons. The van der Waals surface area contributed by atoms with Crippen molar-refractivity contribution in [1.82, 2.24) is 4.90 Å². The summed E-state index contributed by atoms with van der Waals surface area (Å²) in [6, 6.07) is 0. The fourth-order valence-corrected chi connectivity index (χ4v) is 4.76. The van der Waals surface area contributed by atoms with Crippen molar-refractivity contribution in [2.45, 2.75) is 161 Å². The molecule has 0 fully saturated rings. The zero-order valence-electron chi connectivity index (χ0n) is 24.3. The molecule has 0 heterocycles. The Morgan fingerprint density at radius 3 is 1.53 bits per heavy atom. The van der Waals surface area contributed by atoms with Crippen molar-refractivity contribution in [2.75, 3.05) is 32.9 Å². The Kier molecular flexibility index (Phi) is 28.4. The third-order valence-electron chi connectivity index (χ3n) is 7.10. The minimum absolute atomic E-state index is 0.0311. The summed E-state index contributed by atoms with van der Waals surface area (Å²) in [7, 11) is 0. The van der Waals surface area contributed by atoms with Crippen LogP contribution in [0.4, 0.5) is 0 Å². The molecule has 0 bridgehead atoms. The topological polar surface area (TPSA) is 70.0 Å². The van der Waals surface area contributed by atoms with E-state index in [1.165, 1.54) is 116 Å². The number of ether oxygens (including phenoxy) is 1. The van der Waals surface area contributed by atoms with Crippen molar-refractivity contribution < 1.29 is 19.7 Å². The number of hydrogen-bond acceptors (Lipinski definition) is 4. The average Bonchev–Trinajstić information content (AvgIpc) is 2.87. The first kappa shape index (κ1) is 35.4. The van der Waals surface area contributed by atoms with E-state index in [1.54, 1.807) is 4.90 Å². The second-order valence-electron chi connectivity index (χ2n) is 10.8. The van der Waals surface area contributed by atoms with Crippen LogP contribution in [0.25, 0.3) is 0 Å². The van der Waals surface area contributed by atoms with E-state index in [0.717, 1.165) is 19.3 Å². The molecule has 1 atom stereocenters. The van der Waals surface area contributed by atoms with Gasteiger partial charge in [0.15, 0.2) is 0 Å². The SMILES string of the molecule is CCCCCCCCCCCCCCCCOCC(O)CN(CCO)C(=O)CCCCCCCCC. The van der Waals surface area contributed by atoms with Crippen molar-refractivity contribution in [2.24, 2.45) is 0 Å². The summed E-state index contributed by atoms with van der Waals surface area (Å²) in [6.45, 7) is 5.87. The van der Waals surface area contributed by atoms with E-state index >= 15 is 0 Å². The van der Waals surface area contributed by atoms with Crippen molar-refractivity contribution >= 4 is 5.91 Å². The van der Waals surface area contributed by atoms with Crippen molar-refractivity contribution in [1.29, 1.82) is 0 Å². The zero-order valence-corrected chi connectivity index (χ0v) is 24.3. The molecule has 5 heteroatoms. The minimum Gasteiger partial charge on any atom is -0.395 e. The predicted octanol–water partition coefficient (Wildman–Crippen LogP) is 7.81. The van der Waals surface area contributed by atoms with E-state index in [0.29, 0.717) is 13.0 Å². The van der Waals surface area contributed by atoms with E-state index in [4.69, 9.17) is 4.74 Å². The van der Waals surface area contributed by atoms with E-state index in [2.05, 4.69) is 13.8 Å². The molecule has 0 saturated carbocycles. The summed E-state index contributed by atoms with van der Waals surface area (Å²) in [5, 5.41) is 19.6. The van der Waals surface area contributed by atoms with Crippen LogP contribution in [0.1, 0.15) is 155 Å². The number of carbonyl (C=O) groups excluding carboxylic acids is 1. The molecule has 1 unspecified atom stereocenters. The Labute approximate surface area is 224 Å². The summed E-state index contributed by atoms with van der Waals surface area (Å²) in [4.78, 5) is 14.1. The minimum atomic E-state index is -0.693. The van der Waals surface area contributed by atoms with Gasteiger partial charge in [0.2, 0.25) is 5.91 Å². The highest BCUT2D eigenvalue weighted by Gasteiger charge is 2.17. The van der Waals surface area contributed by atoms with Gasteiger partial charge in [-0.3, -0.25) is 4.79 Å². The summed E-state index contributed by atoms with van der Waals surface area (Å²) < 4.78 is 5.66. The van der Waals surface area contributed by atoms with Crippen LogP contribution in [-0.4, -0.2) is 60.0 Å². The molecular weight excluding hydrogens is 450 g/mol. The third-order valence-corrected chi connectivity index (χ3v) is 7.10. The molecule has 2 N–H and O–H groups in total. The van der Waals surface area contributed by atoms with Gasteiger partial charge in [0.1, 0.15) is 0 Å². The van der Waals surface area contributed by atoms with Crippen LogP contribution in [0.5, 0.6) is 0 Å². The number of carbonyl (C=O) groups is 1. The highest BCUT2D eigenvalue weighted by atomic mass is 16.5. The fourth-order valence-electron chi connectivity index (χ4n) is 4.76. The number of unbranched alkanes of at least 4 members (excludes halogenated alkanes) is 19. The summed E-state index contributed by atoms with van der Waals surface area (Å²) in [6.07, 6.45) is 26.8.